The first kappa shape index (κ1) is 16.4. The number of fused-ring (bicyclic) bond motifs is 1. The van der Waals surface area contributed by atoms with Crippen molar-refractivity contribution in [1.82, 2.24) is 0 Å². The third kappa shape index (κ3) is 3.09. The van der Waals surface area contributed by atoms with Crippen molar-refractivity contribution in [3.8, 4) is 12.3 Å². The highest BCUT2D eigenvalue weighted by Gasteiger charge is 2.21. The zero-order valence-corrected chi connectivity index (χ0v) is 14.5. The van der Waals surface area contributed by atoms with Gasteiger partial charge in [-0.05, 0) is 36.4 Å². The number of anilines is 1. The summed E-state index contributed by atoms with van der Waals surface area (Å²) in [6, 6.07) is 12.3. The van der Waals surface area contributed by atoms with Crippen LogP contribution in [0.1, 0.15) is 13.3 Å². The highest BCUT2D eigenvalue weighted by atomic mass is 35.5. The molecule has 2 nitrogen and oxygen atoms in total. The normalized spacial score (nSPS) is 15.1. The smallest absolute Gasteiger partial charge is 0.0768 e. The number of hydrogen-bond acceptors (Lipinski definition) is 2. The molecule has 0 saturated heterocycles. The SMILES string of the molecule is C#CC=NC1=C(C(=C)C)CCN(c2cccc3cccc(Cl)c23)C1. The van der Waals surface area contributed by atoms with Gasteiger partial charge < -0.3 is 4.90 Å². The maximum Gasteiger partial charge on any atom is 0.0768 e. The lowest BCUT2D eigenvalue weighted by molar-refractivity contribution is 0.759. The Morgan fingerprint density at radius 1 is 1.33 bits per heavy atom. The average Bonchev–Trinajstić information content (AvgIpc) is 2.59. The van der Waals surface area contributed by atoms with Crippen LogP contribution in [0.5, 0.6) is 0 Å². The fourth-order valence-electron chi connectivity index (χ4n) is 3.19. The van der Waals surface area contributed by atoms with Gasteiger partial charge in [0.2, 0.25) is 0 Å². The van der Waals surface area contributed by atoms with E-state index in [2.05, 4.69) is 46.7 Å². The Bertz CT molecular complexity index is 894. The van der Waals surface area contributed by atoms with E-state index in [1.807, 2.05) is 19.1 Å². The number of aliphatic imine (C=N–C) groups is 1. The van der Waals surface area contributed by atoms with Crippen LogP contribution >= 0.6 is 11.6 Å². The Morgan fingerprint density at radius 3 is 2.79 bits per heavy atom. The van der Waals surface area contributed by atoms with Gasteiger partial charge in [-0.3, -0.25) is 4.99 Å². The van der Waals surface area contributed by atoms with Gasteiger partial charge in [0.15, 0.2) is 0 Å². The van der Waals surface area contributed by atoms with Gasteiger partial charge in [0.25, 0.3) is 0 Å². The Hall–Kier alpha value is -2.50. The number of rotatable bonds is 3. The van der Waals surface area contributed by atoms with E-state index in [0.717, 1.165) is 45.7 Å². The molecule has 0 aliphatic carbocycles. The molecule has 0 amide bonds. The molecule has 1 aliphatic heterocycles. The highest BCUT2D eigenvalue weighted by Crippen LogP contribution is 2.35. The summed E-state index contributed by atoms with van der Waals surface area (Å²) in [7, 11) is 0. The van der Waals surface area contributed by atoms with E-state index in [4.69, 9.17) is 18.0 Å². The van der Waals surface area contributed by atoms with Crippen LogP contribution in [-0.4, -0.2) is 19.3 Å². The van der Waals surface area contributed by atoms with Crippen LogP contribution in [0.25, 0.3) is 10.8 Å². The van der Waals surface area contributed by atoms with E-state index in [1.54, 1.807) is 0 Å². The molecule has 0 spiro atoms. The Labute approximate surface area is 148 Å². The molecule has 3 rings (SSSR count). The number of nitrogens with zero attached hydrogens (tertiary/aromatic N) is 2. The second-order valence-corrected chi connectivity index (χ2v) is 6.32. The summed E-state index contributed by atoms with van der Waals surface area (Å²) in [6.45, 7) is 7.70. The first-order chi connectivity index (χ1) is 11.6. The van der Waals surface area contributed by atoms with E-state index < -0.39 is 0 Å². The standard InChI is InChI=1S/C21H19ClN2/c1-4-12-23-19-14-24(13-11-17(19)15(2)3)20-10-6-8-16-7-5-9-18(22)21(16)20/h1,5-10,12H,2,11,13-14H2,3H3. The molecule has 3 heteroatoms. The maximum absolute atomic E-state index is 6.47. The minimum Gasteiger partial charge on any atom is -0.365 e. The summed E-state index contributed by atoms with van der Waals surface area (Å²) < 4.78 is 0. The van der Waals surface area contributed by atoms with Crippen molar-refractivity contribution in [1.29, 1.82) is 0 Å². The van der Waals surface area contributed by atoms with Crippen LogP contribution in [0.15, 0.2) is 64.8 Å². The number of terminal acetylenes is 1. The van der Waals surface area contributed by atoms with Crippen molar-refractivity contribution in [2.75, 3.05) is 18.0 Å². The molecule has 0 fully saturated rings. The molecule has 0 radical (unpaired) electrons. The molecule has 0 saturated carbocycles. The zero-order chi connectivity index (χ0) is 17.1. The predicted octanol–water partition coefficient (Wildman–Crippen LogP) is 5.24. The van der Waals surface area contributed by atoms with Crippen LogP contribution in [-0.2, 0) is 0 Å². The molecule has 24 heavy (non-hydrogen) atoms. The van der Waals surface area contributed by atoms with Gasteiger partial charge in [-0.25, -0.2) is 0 Å². The molecule has 120 valence electrons. The second-order valence-electron chi connectivity index (χ2n) is 5.92. The summed E-state index contributed by atoms with van der Waals surface area (Å²) >= 11 is 6.47. The topological polar surface area (TPSA) is 15.6 Å². The van der Waals surface area contributed by atoms with Crippen molar-refractivity contribution in [3.05, 3.63) is 64.8 Å². The molecule has 1 heterocycles. The van der Waals surface area contributed by atoms with Crippen LogP contribution in [0.3, 0.4) is 0 Å². The van der Waals surface area contributed by atoms with Crippen LogP contribution in [0.4, 0.5) is 5.69 Å². The summed E-state index contributed by atoms with van der Waals surface area (Å²) in [6.07, 6.45) is 7.74. The average molecular weight is 335 g/mol. The van der Waals surface area contributed by atoms with E-state index in [-0.39, 0.29) is 0 Å². The largest absolute Gasteiger partial charge is 0.365 e. The van der Waals surface area contributed by atoms with Crippen molar-refractivity contribution in [3.63, 3.8) is 0 Å². The number of hydrogen-bond donors (Lipinski definition) is 0. The van der Waals surface area contributed by atoms with Crippen molar-refractivity contribution in [2.24, 2.45) is 4.99 Å². The first-order valence-electron chi connectivity index (χ1n) is 7.90. The Morgan fingerprint density at radius 2 is 2.08 bits per heavy atom. The lowest BCUT2D eigenvalue weighted by atomic mass is 9.98. The lowest BCUT2D eigenvalue weighted by Crippen LogP contribution is -2.31. The van der Waals surface area contributed by atoms with Gasteiger partial charge in [-0.1, -0.05) is 53.9 Å². The van der Waals surface area contributed by atoms with Crippen molar-refractivity contribution < 1.29 is 0 Å². The second kappa shape index (κ2) is 6.95. The fourth-order valence-corrected chi connectivity index (χ4v) is 3.46. The Kier molecular flexibility index (Phi) is 4.74. The molecule has 0 N–H and O–H groups in total. The van der Waals surface area contributed by atoms with E-state index in [0.29, 0.717) is 6.54 Å². The third-order valence-electron chi connectivity index (χ3n) is 4.30. The molecule has 0 bridgehead atoms. The van der Waals surface area contributed by atoms with Gasteiger partial charge in [-0.2, -0.15) is 0 Å². The van der Waals surface area contributed by atoms with E-state index >= 15 is 0 Å². The summed E-state index contributed by atoms with van der Waals surface area (Å²) in [5, 5.41) is 3.00. The van der Waals surface area contributed by atoms with Crippen LogP contribution < -0.4 is 4.90 Å². The van der Waals surface area contributed by atoms with Crippen LogP contribution in [0, 0.1) is 12.3 Å². The Balaban J connectivity index is 2.06. The number of benzene rings is 2. The molecular weight excluding hydrogens is 316 g/mol. The van der Waals surface area contributed by atoms with Gasteiger partial charge in [0.05, 0.1) is 23.5 Å². The third-order valence-corrected chi connectivity index (χ3v) is 4.62. The summed E-state index contributed by atoms with van der Waals surface area (Å²) in [4.78, 5) is 6.77. The van der Waals surface area contributed by atoms with Gasteiger partial charge in [0, 0.05) is 17.6 Å². The monoisotopic (exact) mass is 334 g/mol. The number of halogens is 1. The minimum absolute atomic E-state index is 0.699. The summed E-state index contributed by atoms with van der Waals surface area (Å²) in [5.74, 6) is 2.47. The number of allylic oxidation sites excluding steroid dienone is 1. The first-order valence-corrected chi connectivity index (χ1v) is 8.28. The molecule has 0 unspecified atom stereocenters. The van der Waals surface area contributed by atoms with Crippen LogP contribution in [0.2, 0.25) is 5.02 Å². The van der Waals surface area contributed by atoms with E-state index in [1.165, 1.54) is 11.8 Å². The van der Waals surface area contributed by atoms with Gasteiger partial charge in [-0.15, -0.1) is 6.42 Å². The zero-order valence-electron chi connectivity index (χ0n) is 13.7. The maximum atomic E-state index is 6.47. The highest BCUT2D eigenvalue weighted by molar-refractivity contribution is 6.36. The molecule has 2 aromatic carbocycles. The molecule has 0 aromatic heterocycles. The predicted molar refractivity (Wildman–Crippen MR) is 105 cm³/mol. The van der Waals surface area contributed by atoms with Crippen molar-refractivity contribution in [2.45, 2.75) is 13.3 Å². The molecule has 2 aromatic rings. The van der Waals surface area contributed by atoms with Gasteiger partial charge in [0.1, 0.15) is 0 Å². The molecule has 1 aliphatic rings. The molecular formula is C21H19ClN2. The van der Waals surface area contributed by atoms with Gasteiger partial charge >= 0.3 is 0 Å². The molecule has 0 atom stereocenters. The van der Waals surface area contributed by atoms with E-state index in [9.17, 15) is 0 Å². The van der Waals surface area contributed by atoms with Crippen molar-refractivity contribution >= 4 is 34.3 Å². The minimum atomic E-state index is 0.699. The summed E-state index contributed by atoms with van der Waals surface area (Å²) in [5.41, 5.74) is 4.36. The quantitative estimate of drug-likeness (QED) is 0.553. The fraction of sp³-hybridized carbons (Fsp3) is 0.190. The lowest BCUT2D eigenvalue weighted by Gasteiger charge is -2.32.